The molecule has 2 heterocycles. The van der Waals surface area contributed by atoms with Crippen molar-refractivity contribution in [2.45, 2.75) is 299 Å². The summed E-state index contributed by atoms with van der Waals surface area (Å²) in [6, 6.07) is -0.822. The molecule has 2 saturated heterocycles. The van der Waals surface area contributed by atoms with E-state index < -0.39 is 86.8 Å². The van der Waals surface area contributed by atoms with Crippen LogP contribution in [-0.2, 0) is 23.7 Å². The van der Waals surface area contributed by atoms with Gasteiger partial charge in [0, 0.05) is 6.42 Å². The Hall–Kier alpha value is -1.53. The predicted molar refractivity (Wildman–Crippen MR) is 272 cm³/mol. The number of carbonyl (C=O) groups excluding carboxylic acids is 1. The Bertz CT molecular complexity index is 1260. The molecule has 0 radical (unpaired) electrons. The van der Waals surface area contributed by atoms with Crippen molar-refractivity contribution >= 4 is 5.91 Å². The lowest BCUT2D eigenvalue weighted by atomic mass is 9.97. The van der Waals surface area contributed by atoms with Crippen LogP contribution >= 0.6 is 0 Å². The Morgan fingerprint density at radius 3 is 1.45 bits per heavy atom. The van der Waals surface area contributed by atoms with Gasteiger partial charge in [-0.1, -0.05) is 199 Å². The standard InChI is InChI=1S/C55H103NO13/c1-3-5-7-9-11-12-13-14-15-16-17-18-19-20-21-22-23-24-25-26-27-28-29-30-31-32-33-35-37-39-47(60)56-43(44(59)38-36-34-10-8-6-4-2)42-66-54-52(65)50(63)53(46(41-58)68-54)69-55-51(64)49(62)48(61)45(40-57)67-55/h13-14,16-17,43-46,48-55,57-59,61-65H,3-12,15,18-42H2,1-2H3,(H,56,60)/b14-13-,17-16-. The molecule has 1 amide bonds. The van der Waals surface area contributed by atoms with Crippen LogP contribution in [0.1, 0.15) is 226 Å². The summed E-state index contributed by atoms with van der Waals surface area (Å²) in [5.41, 5.74) is 0. The molecule has 0 saturated carbocycles. The number of amides is 1. The number of aliphatic hydroxyl groups is 8. The summed E-state index contributed by atoms with van der Waals surface area (Å²) in [4.78, 5) is 13.1. The molecule has 0 aromatic rings. The van der Waals surface area contributed by atoms with Crippen LogP contribution < -0.4 is 5.32 Å². The van der Waals surface area contributed by atoms with E-state index in [-0.39, 0.29) is 12.5 Å². The van der Waals surface area contributed by atoms with E-state index in [2.05, 4.69) is 43.5 Å². The van der Waals surface area contributed by atoms with Crippen molar-refractivity contribution in [3.63, 3.8) is 0 Å². The number of allylic oxidation sites excluding steroid dienone is 4. The zero-order chi connectivity index (χ0) is 50.3. The van der Waals surface area contributed by atoms with E-state index in [1.54, 1.807) is 0 Å². The topological polar surface area (TPSA) is 228 Å². The molecule has 12 atom stereocenters. The highest BCUT2D eigenvalue weighted by atomic mass is 16.7. The number of ether oxygens (including phenoxy) is 4. The Morgan fingerprint density at radius 2 is 0.957 bits per heavy atom. The minimum Gasteiger partial charge on any atom is -0.394 e. The van der Waals surface area contributed by atoms with Gasteiger partial charge in [0.15, 0.2) is 12.6 Å². The quantitative estimate of drug-likeness (QED) is 0.0206. The number of hydrogen-bond acceptors (Lipinski definition) is 13. The monoisotopic (exact) mass is 986 g/mol. The number of nitrogens with one attached hydrogen (secondary N) is 1. The molecule has 14 nitrogen and oxygen atoms in total. The van der Waals surface area contributed by atoms with Gasteiger partial charge in [-0.15, -0.1) is 0 Å². The second-order valence-electron chi connectivity index (χ2n) is 20.1. The maximum absolute atomic E-state index is 13.1. The van der Waals surface area contributed by atoms with Crippen LogP contribution in [0.2, 0.25) is 0 Å². The van der Waals surface area contributed by atoms with Crippen LogP contribution in [0.4, 0.5) is 0 Å². The fraction of sp³-hybridized carbons (Fsp3) is 0.909. The molecule has 406 valence electrons. The van der Waals surface area contributed by atoms with E-state index in [4.69, 9.17) is 18.9 Å². The van der Waals surface area contributed by atoms with Gasteiger partial charge in [0.05, 0.1) is 32.0 Å². The predicted octanol–water partition coefficient (Wildman–Crippen LogP) is 8.50. The SMILES string of the molecule is CCCCCCC/C=C\C/C=C\CCCCCCCCCCCCCCCCCCCC(=O)NC(COC1OC(CO)C(OC2OC(CO)C(O)C(O)C2O)C(O)C1O)C(O)CCCCCCCC. The molecular formula is C55H103NO13. The molecule has 2 rings (SSSR count). The largest absolute Gasteiger partial charge is 0.394 e. The molecule has 0 aromatic heterocycles. The van der Waals surface area contributed by atoms with Gasteiger partial charge in [0.25, 0.3) is 0 Å². The van der Waals surface area contributed by atoms with Gasteiger partial charge in [-0.3, -0.25) is 4.79 Å². The van der Waals surface area contributed by atoms with Crippen LogP contribution in [0, 0.1) is 0 Å². The number of carbonyl (C=O) groups is 1. The van der Waals surface area contributed by atoms with Crippen LogP contribution in [0.25, 0.3) is 0 Å². The average Bonchev–Trinajstić information content (AvgIpc) is 3.35. The highest BCUT2D eigenvalue weighted by Crippen LogP contribution is 2.30. The fourth-order valence-electron chi connectivity index (χ4n) is 9.33. The number of unbranched alkanes of at least 4 members (excludes halogenated alkanes) is 27. The maximum Gasteiger partial charge on any atom is 0.220 e. The summed E-state index contributed by atoms with van der Waals surface area (Å²) in [6.45, 7) is 2.77. The van der Waals surface area contributed by atoms with Crippen molar-refractivity contribution in [2.75, 3.05) is 19.8 Å². The molecule has 2 aliphatic rings. The Morgan fingerprint density at radius 1 is 0.522 bits per heavy atom. The molecule has 0 bridgehead atoms. The van der Waals surface area contributed by atoms with Gasteiger partial charge in [0.2, 0.25) is 5.91 Å². The normalized spacial score (nSPS) is 26.3. The first-order valence-electron chi connectivity index (χ1n) is 28.1. The van der Waals surface area contributed by atoms with Crippen LogP contribution in [-0.4, -0.2) is 140 Å². The summed E-state index contributed by atoms with van der Waals surface area (Å²) in [5.74, 6) is -0.210. The molecule has 12 unspecified atom stereocenters. The summed E-state index contributed by atoms with van der Waals surface area (Å²) in [5, 5.41) is 86.6. The van der Waals surface area contributed by atoms with E-state index in [1.165, 1.54) is 128 Å². The summed E-state index contributed by atoms with van der Waals surface area (Å²) in [7, 11) is 0. The van der Waals surface area contributed by atoms with Crippen molar-refractivity contribution < 1.29 is 64.6 Å². The molecule has 9 N–H and O–H groups in total. The van der Waals surface area contributed by atoms with Gasteiger partial charge in [-0.2, -0.15) is 0 Å². The lowest BCUT2D eigenvalue weighted by molar-refractivity contribution is -0.359. The van der Waals surface area contributed by atoms with Crippen molar-refractivity contribution in [1.29, 1.82) is 0 Å². The Balaban J connectivity index is 1.60. The Kier molecular flexibility index (Phi) is 38.6. The summed E-state index contributed by atoms with van der Waals surface area (Å²) in [6.07, 6.45) is 31.0. The molecule has 2 aliphatic heterocycles. The molecule has 0 spiro atoms. The zero-order valence-electron chi connectivity index (χ0n) is 43.3. The van der Waals surface area contributed by atoms with Gasteiger partial charge in [-0.25, -0.2) is 0 Å². The van der Waals surface area contributed by atoms with Crippen molar-refractivity contribution in [3.05, 3.63) is 24.3 Å². The second kappa shape index (κ2) is 41.9. The highest BCUT2D eigenvalue weighted by molar-refractivity contribution is 5.76. The third-order valence-corrected chi connectivity index (χ3v) is 13.9. The minimum absolute atomic E-state index is 0.210. The summed E-state index contributed by atoms with van der Waals surface area (Å²) >= 11 is 0. The van der Waals surface area contributed by atoms with E-state index in [0.29, 0.717) is 12.8 Å². The molecule has 0 aromatic carbocycles. The van der Waals surface area contributed by atoms with Crippen LogP contribution in [0.3, 0.4) is 0 Å². The van der Waals surface area contributed by atoms with E-state index >= 15 is 0 Å². The molecule has 2 fully saturated rings. The van der Waals surface area contributed by atoms with Gasteiger partial charge in [0.1, 0.15) is 48.8 Å². The first-order chi connectivity index (χ1) is 33.6. The number of hydrogen-bond donors (Lipinski definition) is 9. The lowest BCUT2D eigenvalue weighted by Crippen LogP contribution is -2.65. The number of aliphatic hydroxyl groups excluding tert-OH is 8. The van der Waals surface area contributed by atoms with Gasteiger partial charge >= 0.3 is 0 Å². The fourth-order valence-corrected chi connectivity index (χ4v) is 9.33. The Labute approximate surface area is 418 Å². The molecular weight excluding hydrogens is 883 g/mol. The number of rotatable bonds is 44. The van der Waals surface area contributed by atoms with Crippen LogP contribution in [0.15, 0.2) is 24.3 Å². The maximum atomic E-state index is 13.1. The first-order valence-corrected chi connectivity index (χ1v) is 28.1. The molecule has 0 aliphatic carbocycles. The van der Waals surface area contributed by atoms with Crippen molar-refractivity contribution in [3.8, 4) is 0 Å². The second-order valence-corrected chi connectivity index (χ2v) is 20.1. The van der Waals surface area contributed by atoms with Crippen LogP contribution in [0.5, 0.6) is 0 Å². The molecule has 14 heteroatoms. The highest BCUT2D eigenvalue weighted by Gasteiger charge is 2.51. The van der Waals surface area contributed by atoms with Gasteiger partial charge < -0.3 is 65.1 Å². The summed E-state index contributed by atoms with van der Waals surface area (Å²) < 4.78 is 22.7. The van der Waals surface area contributed by atoms with E-state index in [9.17, 15) is 45.6 Å². The third-order valence-electron chi connectivity index (χ3n) is 13.9. The average molecular weight is 986 g/mol. The van der Waals surface area contributed by atoms with E-state index in [0.717, 1.165) is 70.6 Å². The smallest absolute Gasteiger partial charge is 0.220 e. The lowest BCUT2D eigenvalue weighted by Gasteiger charge is -2.46. The molecule has 69 heavy (non-hydrogen) atoms. The van der Waals surface area contributed by atoms with Gasteiger partial charge in [-0.05, 0) is 44.9 Å². The zero-order valence-corrected chi connectivity index (χ0v) is 43.3. The van der Waals surface area contributed by atoms with Crippen molar-refractivity contribution in [1.82, 2.24) is 5.32 Å². The minimum atomic E-state index is -1.78. The first kappa shape index (κ1) is 63.6. The third kappa shape index (κ3) is 28.5. The van der Waals surface area contributed by atoms with E-state index in [1.807, 2.05) is 0 Å². The van der Waals surface area contributed by atoms with Crippen molar-refractivity contribution in [2.24, 2.45) is 0 Å².